The number of hydrogen-bond acceptors (Lipinski definition) is 3. The van der Waals surface area contributed by atoms with Crippen LogP contribution in [0.15, 0.2) is 6.20 Å². The first kappa shape index (κ1) is 13.8. The lowest BCUT2D eigenvalue weighted by Gasteiger charge is -2.09. The van der Waals surface area contributed by atoms with Crippen molar-refractivity contribution in [2.75, 3.05) is 5.88 Å². The van der Waals surface area contributed by atoms with Gasteiger partial charge in [0.2, 0.25) is 0 Å². The first-order valence-electron chi connectivity index (χ1n) is 6.76. The standard InChI is InChI=1S/C14H15Cl2N3O/c1-8-10(3-2-6-15)13(16)18-14-11(7-17-19(8)14)12(20)9-4-5-9/h7,9H,2-6H2,1H3. The molecule has 1 fully saturated rings. The van der Waals surface area contributed by atoms with E-state index < -0.39 is 0 Å². The highest BCUT2D eigenvalue weighted by Gasteiger charge is 2.33. The van der Waals surface area contributed by atoms with Crippen molar-refractivity contribution in [3.63, 3.8) is 0 Å². The van der Waals surface area contributed by atoms with E-state index in [2.05, 4.69) is 10.1 Å². The monoisotopic (exact) mass is 311 g/mol. The highest BCUT2D eigenvalue weighted by atomic mass is 35.5. The van der Waals surface area contributed by atoms with Gasteiger partial charge < -0.3 is 0 Å². The molecule has 6 heteroatoms. The van der Waals surface area contributed by atoms with Gasteiger partial charge in [-0.1, -0.05) is 11.6 Å². The molecule has 2 heterocycles. The van der Waals surface area contributed by atoms with E-state index in [1.54, 1.807) is 10.7 Å². The number of fused-ring (bicyclic) bond motifs is 1. The van der Waals surface area contributed by atoms with Gasteiger partial charge in [0, 0.05) is 23.1 Å². The van der Waals surface area contributed by atoms with Crippen LogP contribution in [0.2, 0.25) is 5.15 Å². The average molecular weight is 312 g/mol. The minimum absolute atomic E-state index is 0.136. The zero-order valence-electron chi connectivity index (χ0n) is 11.2. The van der Waals surface area contributed by atoms with E-state index in [0.717, 1.165) is 36.9 Å². The molecule has 0 N–H and O–H groups in total. The summed E-state index contributed by atoms with van der Waals surface area (Å²) in [5, 5.41) is 4.75. The molecule has 0 aliphatic heterocycles. The van der Waals surface area contributed by atoms with E-state index in [1.807, 2.05) is 6.92 Å². The predicted molar refractivity (Wildman–Crippen MR) is 78.8 cm³/mol. The van der Waals surface area contributed by atoms with Crippen LogP contribution < -0.4 is 0 Å². The number of alkyl halides is 1. The average Bonchev–Trinajstić information content (AvgIpc) is 3.19. The van der Waals surface area contributed by atoms with Gasteiger partial charge in [-0.05, 0) is 32.6 Å². The fraction of sp³-hybridized carbons (Fsp3) is 0.500. The summed E-state index contributed by atoms with van der Waals surface area (Å²) in [4.78, 5) is 16.6. The Morgan fingerprint density at radius 1 is 1.50 bits per heavy atom. The van der Waals surface area contributed by atoms with Crippen molar-refractivity contribution in [3.8, 4) is 0 Å². The lowest BCUT2D eigenvalue weighted by Crippen LogP contribution is -2.06. The van der Waals surface area contributed by atoms with E-state index >= 15 is 0 Å². The van der Waals surface area contributed by atoms with Gasteiger partial charge in [-0.2, -0.15) is 5.10 Å². The van der Waals surface area contributed by atoms with E-state index in [9.17, 15) is 4.79 Å². The van der Waals surface area contributed by atoms with Gasteiger partial charge in [-0.3, -0.25) is 4.79 Å². The maximum Gasteiger partial charge on any atom is 0.171 e. The summed E-state index contributed by atoms with van der Waals surface area (Å²) in [5.41, 5.74) is 3.04. The van der Waals surface area contributed by atoms with Crippen molar-refractivity contribution in [2.24, 2.45) is 5.92 Å². The third kappa shape index (κ3) is 2.31. The number of ketones is 1. The maximum atomic E-state index is 12.2. The van der Waals surface area contributed by atoms with Crippen LogP contribution in [-0.4, -0.2) is 26.3 Å². The number of carbonyl (C=O) groups is 1. The second kappa shape index (κ2) is 5.34. The van der Waals surface area contributed by atoms with Crippen LogP contribution in [-0.2, 0) is 6.42 Å². The Kier molecular flexibility index (Phi) is 3.69. The van der Waals surface area contributed by atoms with E-state index in [4.69, 9.17) is 23.2 Å². The van der Waals surface area contributed by atoms with Crippen LogP contribution >= 0.6 is 23.2 Å². The molecule has 1 aliphatic rings. The van der Waals surface area contributed by atoms with Gasteiger partial charge in [0.25, 0.3) is 0 Å². The number of aromatic nitrogens is 3. The predicted octanol–water partition coefficient (Wildman–Crippen LogP) is 3.46. The molecule has 4 nitrogen and oxygen atoms in total. The minimum Gasteiger partial charge on any atom is -0.294 e. The van der Waals surface area contributed by atoms with Crippen LogP contribution in [0.3, 0.4) is 0 Å². The molecule has 0 bridgehead atoms. The Morgan fingerprint density at radius 3 is 2.90 bits per heavy atom. The zero-order valence-corrected chi connectivity index (χ0v) is 12.7. The molecule has 106 valence electrons. The molecule has 2 aromatic heterocycles. The number of Topliss-reactive ketones (excluding diaryl/α,β-unsaturated/α-hetero) is 1. The Labute approximate surface area is 127 Å². The highest BCUT2D eigenvalue weighted by Crippen LogP contribution is 2.34. The molecular weight excluding hydrogens is 297 g/mol. The summed E-state index contributed by atoms with van der Waals surface area (Å²) in [5.74, 6) is 0.870. The van der Waals surface area contributed by atoms with Crippen molar-refractivity contribution >= 4 is 34.6 Å². The summed E-state index contributed by atoms with van der Waals surface area (Å²) in [6.45, 7) is 1.95. The number of carbonyl (C=O) groups excluding carboxylic acids is 1. The second-order valence-electron chi connectivity index (χ2n) is 5.19. The number of aryl methyl sites for hydroxylation is 1. The molecule has 20 heavy (non-hydrogen) atoms. The zero-order chi connectivity index (χ0) is 14.3. The fourth-order valence-electron chi connectivity index (χ4n) is 2.40. The summed E-state index contributed by atoms with van der Waals surface area (Å²) in [6.07, 6.45) is 5.15. The largest absolute Gasteiger partial charge is 0.294 e. The topological polar surface area (TPSA) is 47.3 Å². The Balaban J connectivity index is 2.08. The van der Waals surface area contributed by atoms with E-state index in [0.29, 0.717) is 22.2 Å². The molecule has 1 aliphatic carbocycles. The molecule has 2 aromatic rings. The summed E-state index contributed by atoms with van der Waals surface area (Å²) in [6, 6.07) is 0. The fourth-order valence-corrected chi connectivity index (χ4v) is 2.84. The number of halogens is 2. The number of nitrogens with zero attached hydrogens (tertiary/aromatic N) is 3. The van der Waals surface area contributed by atoms with E-state index in [1.165, 1.54) is 0 Å². The molecule has 0 spiro atoms. The van der Waals surface area contributed by atoms with Gasteiger partial charge in [-0.25, -0.2) is 9.50 Å². The number of hydrogen-bond donors (Lipinski definition) is 0. The van der Waals surface area contributed by atoms with Crippen LogP contribution in [0, 0.1) is 12.8 Å². The summed E-state index contributed by atoms with van der Waals surface area (Å²) in [7, 11) is 0. The Morgan fingerprint density at radius 2 is 2.25 bits per heavy atom. The molecule has 0 saturated heterocycles. The number of rotatable bonds is 5. The molecule has 0 unspecified atom stereocenters. The molecule has 0 amide bonds. The maximum absolute atomic E-state index is 12.2. The van der Waals surface area contributed by atoms with Gasteiger partial charge in [0.15, 0.2) is 11.4 Å². The van der Waals surface area contributed by atoms with Gasteiger partial charge >= 0.3 is 0 Å². The third-order valence-corrected chi connectivity index (χ3v) is 4.31. The van der Waals surface area contributed by atoms with Gasteiger partial charge in [0.1, 0.15) is 5.15 Å². The highest BCUT2D eigenvalue weighted by molar-refractivity contribution is 6.30. The smallest absolute Gasteiger partial charge is 0.171 e. The first-order valence-corrected chi connectivity index (χ1v) is 7.67. The lowest BCUT2D eigenvalue weighted by atomic mass is 10.1. The van der Waals surface area contributed by atoms with Crippen molar-refractivity contribution < 1.29 is 4.79 Å². The van der Waals surface area contributed by atoms with Crippen LogP contribution in [0.4, 0.5) is 0 Å². The van der Waals surface area contributed by atoms with Gasteiger partial charge in [0.05, 0.1) is 11.8 Å². The molecule has 0 atom stereocenters. The lowest BCUT2D eigenvalue weighted by molar-refractivity contribution is 0.0969. The Bertz CT molecular complexity index is 677. The first-order chi connectivity index (χ1) is 9.63. The Hall–Kier alpha value is -1.13. The van der Waals surface area contributed by atoms with Crippen molar-refractivity contribution in [1.82, 2.24) is 14.6 Å². The summed E-state index contributed by atoms with van der Waals surface area (Å²) < 4.78 is 1.71. The SMILES string of the molecule is Cc1c(CCCCl)c(Cl)nc2c(C(=O)C3CC3)cnn12. The minimum atomic E-state index is 0.136. The summed E-state index contributed by atoms with van der Waals surface area (Å²) >= 11 is 12.0. The normalized spacial score (nSPS) is 14.9. The van der Waals surface area contributed by atoms with Crippen molar-refractivity contribution in [2.45, 2.75) is 32.6 Å². The molecular formula is C14H15Cl2N3O. The van der Waals surface area contributed by atoms with Crippen LogP contribution in [0.5, 0.6) is 0 Å². The van der Waals surface area contributed by atoms with Crippen LogP contribution in [0.1, 0.15) is 40.9 Å². The quantitative estimate of drug-likeness (QED) is 0.482. The van der Waals surface area contributed by atoms with Crippen molar-refractivity contribution in [1.29, 1.82) is 0 Å². The van der Waals surface area contributed by atoms with Crippen molar-refractivity contribution in [3.05, 3.63) is 28.2 Å². The van der Waals surface area contributed by atoms with Crippen LogP contribution in [0.25, 0.3) is 5.65 Å². The second-order valence-corrected chi connectivity index (χ2v) is 5.93. The molecule has 3 rings (SSSR count). The third-order valence-electron chi connectivity index (χ3n) is 3.73. The van der Waals surface area contributed by atoms with E-state index in [-0.39, 0.29) is 11.7 Å². The van der Waals surface area contributed by atoms with Gasteiger partial charge in [-0.15, -0.1) is 11.6 Å². The molecule has 0 radical (unpaired) electrons. The molecule has 0 aromatic carbocycles. The molecule has 1 saturated carbocycles.